The zero-order valence-electron chi connectivity index (χ0n) is 12.4. The number of halogens is 3. The number of nitrogens with one attached hydrogen (secondary N) is 1. The maximum absolute atomic E-state index is 13.7. The lowest BCUT2D eigenvalue weighted by atomic mass is 10.1. The van der Waals surface area contributed by atoms with Crippen molar-refractivity contribution in [2.75, 3.05) is 11.4 Å². The molecular weight excluding hydrogens is 329 g/mol. The van der Waals surface area contributed by atoms with Crippen molar-refractivity contribution in [1.29, 1.82) is 0 Å². The summed E-state index contributed by atoms with van der Waals surface area (Å²) >= 11 is 0. The Morgan fingerprint density at radius 2 is 2.00 bits per heavy atom. The highest BCUT2D eigenvalue weighted by molar-refractivity contribution is 6.00. The van der Waals surface area contributed by atoms with E-state index in [4.69, 9.17) is 5.11 Å². The molecule has 0 radical (unpaired) electrons. The minimum absolute atomic E-state index is 0.0140. The third-order valence-electron chi connectivity index (χ3n) is 3.67. The van der Waals surface area contributed by atoms with Gasteiger partial charge in [0.15, 0.2) is 0 Å². The molecule has 1 aromatic rings. The smallest absolute Gasteiger partial charge is 0.326 e. The Morgan fingerprint density at radius 1 is 1.33 bits per heavy atom. The molecule has 9 heteroatoms. The van der Waals surface area contributed by atoms with Crippen LogP contribution < -0.4 is 10.2 Å². The number of alkyl halides is 2. The van der Waals surface area contributed by atoms with E-state index in [-0.39, 0.29) is 18.7 Å². The molecular formula is C15H15F3N2O4. The molecule has 2 rings (SSSR count). The van der Waals surface area contributed by atoms with Crippen LogP contribution in [0.3, 0.4) is 0 Å². The molecule has 130 valence electrons. The fourth-order valence-corrected chi connectivity index (χ4v) is 2.48. The second-order valence-electron chi connectivity index (χ2n) is 5.38. The van der Waals surface area contributed by atoms with E-state index >= 15 is 0 Å². The Labute approximate surface area is 135 Å². The summed E-state index contributed by atoms with van der Waals surface area (Å²) in [4.78, 5) is 36.0. The molecule has 0 aromatic heterocycles. The number of carbonyl (C=O) groups excluding carboxylic acids is 2. The average molecular weight is 344 g/mol. The molecule has 0 aliphatic carbocycles. The molecule has 2 N–H and O–H groups in total. The first-order chi connectivity index (χ1) is 11.3. The van der Waals surface area contributed by atoms with Crippen molar-refractivity contribution in [3.8, 4) is 0 Å². The Morgan fingerprint density at radius 3 is 2.58 bits per heavy atom. The van der Waals surface area contributed by atoms with Crippen LogP contribution in [0.15, 0.2) is 24.3 Å². The lowest BCUT2D eigenvalue weighted by Gasteiger charge is -2.19. The summed E-state index contributed by atoms with van der Waals surface area (Å²) in [5.74, 6) is -4.47. The molecule has 1 aliphatic rings. The molecule has 1 aromatic carbocycles. The zero-order chi connectivity index (χ0) is 17.9. The standard InChI is InChI=1S/C15H15F3N2O4/c16-9-3-1-2-4-11(9)20-7-8(5-13(20)21)14(22)19-10(15(23)24)6-12(17)18/h1-4,8,10,12H,5-7H2,(H,19,22)(H,23,24). The lowest BCUT2D eigenvalue weighted by Crippen LogP contribution is -2.45. The van der Waals surface area contributed by atoms with Crippen molar-refractivity contribution < 1.29 is 32.7 Å². The van der Waals surface area contributed by atoms with Crippen molar-refractivity contribution in [2.24, 2.45) is 5.92 Å². The van der Waals surface area contributed by atoms with Crippen LogP contribution in [0.4, 0.5) is 18.9 Å². The van der Waals surface area contributed by atoms with Crippen LogP contribution >= 0.6 is 0 Å². The van der Waals surface area contributed by atoms with Crippen LogP contribution in [0.5, 0.6) is 0 Å². The Bertz CT molecular complexity index is 653. The van der Waals surface area contributed by atoms with Gasteiger partial charge in [0.2, 0.25) is 18.2 Å². The average Bonchev–Trinajstić information content (AvgIpc) is 2.88. The van der Waals surface area contributed by atoms with Gasteiger partial charge in [0.25, 0.3) is 0 Å². The molecule has 1 heterocycles. The number of amides is 2. The number of benzene rings is 1. The van der Waals surface area contributed by atoms with E-state index in [1.807, 2.05) is 5.32 Å². The first-order valence-corrected chi connectivity index (χ1v) is 7.15. The van der Waals surface area contributed by atoms with E-state index in [1.165, 1.54) is 24.3 Å². The van der Waals surface area contributed by atoms with Gasteiger partial charge in [0, 0.05) is 19.4 Å². The topological polar surface area (TPSA) is 86.7 Å². The molecule has 2 amide bonds. The van der Waals surface area contributed by atoms with Crippen molar-refractivity contribution in [3.05, 3.63) is 30.1 Å². The molecule has 2 unspecified atom stereocenters. The van der Waals surface area contributed by atoms with E-state index in [1.54, 1.807) is 0 Å². The fourth-order valence-electron chi connectivity index (χ4n) is 2.48. The number of carboxylic acids is 1. The van der Waals surface area contributed by atoms with Crippen molar-refractivity contribution in [1.82, 2.24) is 5.32 Å². The normalized spacial score (nSPS) is 18.8. The van der Waals surface area contributed by atoms with Crippen LogP contribution in [0.2, 0.25) is 0 Å². The van der Waals surface area contributed by atoms with Gasteiger partial charge in [0.05, 0.1) is 11.6 Å². The van der Waals surface area contributed by atoms with E-state index in [9.17, 15) is 27.6 Å². The van der Waals surface area contributed by atoms with E-state index in [2.05, 4.69) is 0 Å². The molecule has 1 aliphatic heterocycles. The number of nitrogens with zero attached hydrogens (tertiary/aromatic N) is 1. The summed E-state index contributed by atoms with van der Waals surface area (Å²) in [6, 6.07) is 3.78. The quantitative estimate of drug-likeness (QED) is 0.817. The summed E-state index contributed by atoms with van der Waals surface area (Å²) in [6.45, 7) is -0.146. The minimum atomic E-state index is -2.90. The van der Waals surface area contributed by atoms with Gasteiger partial charge in [-0.05, 0) is 12.1 Å². The molecule has 2 atom stereocenters. The molecule has 6 nitrogen and oxygen atoms in total. The first kappa shape index (κ1) is 17.8. The van der Waals surface area contributed by atoms with Crippen molar-refractivity contribution >= 4 is 23.5 Å². The minimum Gasteiger partial charge on any atom is -0.480 e. The number of anilines is 1. The van der Waals surface area contributed by atoms with Crippen LogP contribution in [0.1, 0.15) is 12.8 Å². The van der Waals surface area contributed by atoms with Gasteiger partial charge in [-0.25, -0.2) is 18.0 Å². The maximum Gasteiger partial charge on any atom is 0.326 e. The first-order valence-electron chi connectivity index (χ1n) is 7.15. The van der Waals surface area contributed by atoms with Crippen molar-refractivity contribution in [3.63, 3.8) is 0 Å². The van der Waals surface area contributed by atoms with Crippen LogP contribution in [0.25, 0.3) is 0 Å². The van der Waals surface area contributed by atoms with Gasteiger partial charge in [-0.2, -0.15) is 0 Å². The predicted octanol–water partition coefficient (Wildman–Crippen LogP) is 1.40. The summed E-state index contributed by atoms with van der Waals surface area (Å²) < 4.78 is 38.4. The van der Waals surface area contributed by atoms with Crippen molar-refractivity contribution in [2.45, 2.75) is 25.3 Å². The summed E-state index contributed by atoms with van der Waals surface area (Å²) in [6.07, 6.45) is -4.17. The van der Waals surface area contributed by atoms with Gasteiger partial charge in [-0.3, -0.25) is 9.59 Å². The third-order valence-corrected chi connectivity index (χ3v) is 3.67. The highest BCUT2D eigenvalue weighted by Crippen LogP contribution is 2.27. The van der Waals surface area contributed by atoms with Crippen LogP contribution in [-0.2, 0) is 14.4 Å². The van der Waals surface area contributed by atoms with Gasteiger partial charge in [-0.1, -0.05) is 12.1 Å². The number of para-hydroxylation sites is 1. The summed E-state index contributed by atoms with van der Waals surface area (Å²) in [5.41, 5.74) is 0.0140. The highest BCUT2D eigenvalue weighted by Gasteiger charge is 2.37. The summed E-state index contributed by atoms with van der Waals surface area (Å²) in [7, 11) is 0. The Balaban J connectivity index is 2.06. The highest BCUT2D eigenvalue weighted by atomic mass is 19.3. The zero-order valence-corrected chi connectivity index (χ0v) is 12.4. The number of aliphatic carboxylic acids is 1. The molecule has 1 fully saturated rings. The van der Waals surface area contributed by atoms with Gasteiger partial charge >= 0.3 is 5.97 Å². The van der Waals surface area contributed by atoms with Gasteiger partial charge < -0.3 is 15.3 Å². The van der Waals surface area contributed by atoms with Crippen LogP contribution in [-0.4, -0.2) is 41.9 Å². The van der Waals surface area contributed by atoms with Crippen LogP contribution in [0, 0.1) is 11.7 Å². The summed E-state index contributed by atoms with van der Waals surface area (Å²) in [5, 5.41) is 10.9. The second kappa shape index (κ2) is 7.33. The Kier molecular flexibility index (Phi) is 5.42. The Hall–Kier alpha value is -2.58. The fraction of sp³-hybridized carbons (Fsp3) is 0.400. The molecule has 0 bridgehead atoms. The lowest BCUT2D eigenvalue weighted by molar-refractivity contribution is -0.143. The largest absolute Gasteiger partial charge is 0.480 e. The van der Waals surface area contributed by atoms with Gasteiger partial charge in [-0.15, -0.1) is 0 Å². The molecule has 1 saturated heterocycles. The number of carboxylic acid groups (broad SMARTS) is 1. The SMILES string of the molecule is O=C(NC(CC(F)F)C(=O)O)C1CC(=O)N(c2ccccc2F)C1. The number of carbonyl (C=O) groups is 3. The molecule has 0 spiro atoms. The van der Waals surface area contributed by atoms with E-state index in [0.717, 1.165) is 4.90 Å². The van der Waals surface area contributed by atoms with E-state index < -0.39 is 48.4 Å². The third kappa shape index (κ3) is 4.03. The maximum atomic E-state index is 13.7. The second-order valence-corrected chi connectivity index (χ2v) is 5.38. The predicted molar refractivity (Wildman–Crippen MR) is 77.0 cm³/mol. The van der Waals surface area contributed by atoms with Gasteiger partial charge in [0.1, 0.15) is 11.9 Å². The number of rotatable bonds is 6. The molecule has 0 saturated carbocycles. The molecule has 24 heavy (non-hydrogen) atoms. The number of hydrogen-bond acceptors (Lipinski definition) is 3. The van der Waals surface area contributed by atoms with E-state index in [0.29, 0.717) is 0 Å². The monoisotopic (exact) mass is 344 g/mol. The number of hydrogen-bond donors (Lipinski definition) is 2.